The summed E-state index contributed by atoms with van der Waals surface area (Å²) in [6.45, 7) is 13.3. The van der Waals surface area contributed by atoms with Crippen LogP contribution < -0.4 is 10.6 Å². The number of fused-ring (bicyclic) bond motifs is 1. The first-order chi connectivity index (χ1) is 17.8. The number of anilines is 1. The molecule has 0 radical (unpaired) electrons. The first-order valence-electron chi connectivity index (χ1n) is 12.7. The third-order valence-corrected chi connectivity index (χ3v) is 6.33. The maximum Gasteiger partial charge on any atom is 0.331 e. The molecule has 3 aromatic rings. The minimum atomic E-state index is -1.04. The second-order valence-corrected chi connectivity index (χ2v) is 10.8. The van der Waals surface area contributed by atoms with Gasteiger partial charge in [-0.1, -0.05) is 42.0 Å². The summed E-state index contributed by atoms with van der Waals surface area (Å²) in [5.74, 6) is -1.38. The Balaban J connectivity index is 1.95. The van der Waals surface area contributed by atoms with Crippen LogP contribution in [0.3, 0.4) is 0 Å². The largest absolute Gasteiger partial charge is 0.467 e. The fraction of sp³-hybridized carbons (Fsp3) is 0.387. The van der Waals surface area contributed by atoms with Crippen molar-refractivity contribution in [2.24, 2.45) is 0 Å². The Morgan fingerprint density at radius 1 is 0.921 bits per heavy atom. The summed E-state index contributed by atoms with van der Waals surface area (Å²) >= 11 is 0. The molecule has 0 aliphatic rings. The lowest BCUT2D eigenvalue weighted by molar-refractivity contribution is -0.150. The van der Waals surface area contributed by atoms with Gasteiger partial charge in [-0.05, 0) is 88.1 Å². The molecule has 3 aromatic carbocycles. The smallest absolute Gasteiger partial charge is 0.331 e. The van der Waals surface area contributed by atoms with Gasteiger partial charge in [0.2, 0.25) is 5.91 Å². The molecule has 3 rings (SSSR count). The molecule has 38 heavy (non-hydrogen) atoms. The maximum absolute atomic E-state index is 13.6. The Morgan fingerprint density at radius 2 is 1.50 bits per heavy atom. The summed E-state index contributed by atoms with van der Waals surface area (Å²) in [4.78, 5) is 39.3. The van der Waals surface area contributed by atoms with E-state index in [1.54, 1.807) is 19.1 Å². The molecule has 2 amide bonds. The van der Waals surface area contributed by atoms with Crippen LogP contribution in [0.1, 0.15) is 60.3 Å². The first kappa shape index (κ1) is 28.9. The van der Waals surface area contributed by atoms with Crippen LogP contribution in [0.5, 0.6) is 0 Å². The van der Waals surface area contributed by atoms with Crippen molar-refractivity contribution in [3.8, 4) is 0 Å². The Morgan fingerprint density at radius 3 is 2.05 bits per heavy atom. The average molecular weight is 519 g/mol. The van der Waals surface area contributed by atoms with Crippen LogP contribution in [0.2, 0.25) is 0 Å². The SMILES string of the molecule is COC(=O)[C@@H](NC(=O)c1cc2ccccc2cc1NC(=O)Cc1c(C)cc(C)cc1C)[C@@H](C)OC(C)(C)C. The van der Waals surface area contributed by atoms with E-state index < -0.39 is 29.6 Å². The van der Waals surface area contributed by atoms with Gasteiger partial charge >= 0.3 is 5.97 Å². The molecule has 0 aromatic heterocycles. The van der Waals surface area contributed by atoms with Crippen molar-refractivity contribution in [2.75, 3.05) is 12.4 Å². The summed E-state index contributed by atoms with van der Waals surface area (Å²) < 4.78 is 10.9. The third kappa shape index (κ3) is 7.19. The lowest BCUT2D eigenvalue weighted by Crippen LogP contribution is -2.51. The van der Waals surface area contributed by atoms with Crippen LogP contribution >= 0.6 is 0 Å². The van der Waals surface area contributed by atoms with Gasteiger partial charge in [-0.3, -0.25) is 9.59 Å². The number of esters is 1. The molecule has 0 saturated carbocycles. The van der Waals surface area contributed by atoms with Crippen molar-refractivity contribution in [1.29, 1.82) is 0 Å². The van der Waals surface area contributed by atoms with Crippen molar-refractivity contribution in [3.63, 3.8) is 0 Å². The highest BCUT2D eigenvalue weighted by molar-refractivity contribution is 6.08. The Labute approximate surface area is 224 Å². The van der Waals surface area contributed by atoms with Crippen molar-refractivity contribution in [3.05, 3.63) is 76.3 Å². The van der Waals surface area contributed by atoms with Crippen LogP contribution in [-0.2, 0) is 25.5 Å². The quantitative estimate of drug-likeness (QED) is 0.388. The molecule has 0 saturated heterocycles. The maximum atomic E-state index is 13.6. The normalized spacial score (nSPS) is 13.1. The van der Waals surface area contributed by atoms with E-state index >= 15 is 0 Å². The van der Waals surface area contributed by atoms with Crippen LogP contribution in [0.4, 0.5) is 5.69 Å². The van der Waals surface area contributed by atoms with Gasteiger partial charge < -0.3 is 20.1 Å². The molecule has 0 bridgehead atoms. The molecule has 202 valence electrons. The van der Waals surface area contributed by atoms with E-state index in [2.05, 4.69) is 22.8 Å². The second-order valence-electron chi connectivity index (χ2n) is 10.8. The molecule has 0 spiro atoms. The summed E-state index contributed by atoms with van der Waals surface area (Å²) in [5.41, 5.74) is 4.25. The predicted octanol–water partition coefficient (Wildman–Crippen LogP) is 5.42. The molecule has 0 unspecified atom stereocenters. The Kier molecular flexibility index (Phi) is 8.94. The molecule has 0 heterocycles. The van der Waals surface area contributed by atoms with Gasteiger partial charge in [-0.15, -0.1) is 0 Å². The third-order valence-electron chi connectivity index (χ3n) is 6.33. The fourth-order valence-electron chi connectivity index (χ4n) is 4.71. The monoisotopic (exact) mass is 518 g/mol. The van der Waals surface area contributed by atoms with Crippen molar-refractivity contribution in [2.45, 2.75) is 72.6 Å². The average Bonchev–Trinajstić information content (AvgIpc) is 2.82. The highest BCUT2D eigenvalue weighted by Crippen LogP contribution is 2.26. The molecule has 7 heteroatoms. The summed E-state index contributed by atoms with van der Waals surface area (Å²) in [6.07, 6.45) is -0.482. The zero-order valence-corrected chi connectivity index (χ0v) is 23.5. The van der Waals surface area contributed by atoms with Crippen molar-refractivity contribution < 1.29 is 23.9 Å². The Hall–Kier alpha value is -3.71. The number of aryl methyl sites for hydroxylation is 3. The summed E-state index contributed by atoms with van der Waals surface area (Å²) in [6, 6.07) is 14.1. The van der Waals surface area contributed by atoms with Gasteiger partial charge in [0.05, 0.1) is 36.5 Å². The standard InChI is InChI=1S/C31H38N2O5/c1-18-13-19(2)24(20(3)14-18)17-27(34)32-26-16-23-12-10-9-11-22(23)15-25(26)29(35)33-28(30(36)37-8)21(4)38-31(5,6)7/h9-16,21,28H,17H2,1-8H3,(H,32,34)(H,33,35)/t21-,28+/m1/s1. The minimum Gasteiger partial charge on any atom is -0.467 e. The number of hydrogen-bond donors (Lipinski definition) is 2. The number of methoxy groups -OCH3 is 1. The van der Waals surface area contributed by atoms with E-state index in [4.69, 9.17) is 9.47 Å². The molecule has 7 nitrogen and oxygen atoms in total. The van der Waals surface area contributed by atoms with E-state index in [9.17, 15) is 14.4 Å². The molecule has 0 aliphatic carbocycles. The number of amides is 2. The minimum absolute atomic E-state index is 0.174. The zero-order valence-electron chi connectivity index (χ0n) is 23.5. The van der Waals surface area contributed by atoms with Gasteiger partial charge in [0.15, 0.2) is 6.04 Å². The molecule has 0 fully saturated rings. The lowest BCUT2D eigenvalue weighted by Gasteiger charge is -2.30. The number of hydrogen-bond acceptors (Lipinski definition) is 5. The van der Waals surface area contributed by atoms with Crippen molar-refractivity contribution in [1.82, 2.24) is 5.32 Å². The van der Waals surface area contributed by atoms with Crippen LogP contribution in [-0.4, -0.2) is 42.6 Å². The van der Waals surface area contributed by atoms with E-state index in [0.29, 0.717) is 5.69 Å². The topological polar surface area (TPSA) is 93.7 Å². The molecule has 2 N–H and O–H groups in total. The molecular formula is C31H38N2O5. The zero-order chi connectivity index (χ0) is 28.2. The van der Waals surface area contributed by atoms with Crippen molar-refractivity contribution >= 4 is 34.2 Å². The van der Waals surface area contributed by atoms with Gasteiger partial charge in [0, 0.05) is 0 Å². The van der Waals surface area contributed by atoms with Crippen LogP contribution in [0, 0.1) is 20.8 Å². The van der Waals surface area contributed by atoms with Gasteiger partial charge in [0.25, 0.3) is 5.91 Å². The highest BCUT2D eigenvalue weighted by atomic mass is 16.5. The molecule has 2 atom stereocenters. The number of carbonyl (C=O) groups is 3. The number of carbonyl (C=O) groups excluding carboxylic acids is 3. The number of rotatable bonds is 8. The highest BCUT2D eigenvalue weighted by Gasteiger charge is 2.32. The molecule has 0 aliphatic heterocycles. The predicted molar refractivity (Wildman–Crippen MR) is 151 cm³/mol. The van der Waals surface area contributed by atoms with E-state index in [0.717, 1.165) is 33.0 Å². The second kappa shape index (κ2) is 11.8. The van der Waals surface area contributed by atoms with Gasteiger partial charge in [-0.2, -0.15) is 0 Å². The van der Waals surface area contributed by atoms with E-state index in [1.165, 1.54) is 7.11 Å². The fourth-order valence-corrected chi connectivity index (χ4v) is 4.71. The van der Waals surface area contributed by atoms with Gasteiger partial charge in [-0.25, -0.2) is 4.79 Å². The Bertz CT molecular complexity index is 1330. The number of benzene rings is 3. The lowest BCUT2D eigenvalue weighted by atomic mass is 9.97. The number of ether oxygens (including phenoxy) is 2. The first-order valence-corrected chi connectivity index (χ1v) is 12.7. The molecular weight excluding hydrogens is 480 g/mol. The summed E-state index contributed by atoms with van der Waals surface area (Å²) in [5, 5.41) is 7.41. The summed E-state index contributed by atoms with van der Waals surface area (Å²) in [7, 11) is 1.27. The van der Waals surface area contributed by atoms with Crippen LogP contribution in [0.25, 0.3) is 10.8 Å². The number of nitrogens with one attached hydrogen (secondary N) is 2. The van der Waals surface area contributed by atoms with E-state index in [1.807, 2.05) is 65.8 Å². The van der Waals surface area contributed by atoms with E-state index in [-0.39, 0.29) is 17.9 Å². The van der Waals surface area contributed by atoms with Crippen LogP contribution in [0.15, 0.2) is 48.5 Å². The van der Waals surface area contributed by atoms with Gasteiger partial charge in [0.1, 0.15) is 0 Å².